The van der Waals surface area contributed by atoms with E-state index < -0.39 is 11.6 Å². The maximum Gasteiger partial charge on any atom is 0.159 e. The Morgan fingerprint density at radius 1 is 1.08 bits per heavy atom. The molecule has 0 atom stereocenters. The van der Waals surface area contributed by atoms with E-state index in [2.05, 4.69) is 20.4 Å². The van der Waals surface area contributed by atoms with E-state index in [1.54, 1.807) is 0 Å². The highest BCUT2D eigenvalue weighted by Gasteiger charge is 2.13. The molecule has 2 aromatic carbocycles. The highest BCUT2D eigenvalue weighted by atomic mass is 19.2. The third-order valence-electron chi connectivity index (χ3n) is 4.33. The van der Waals surface area contributed by atoms with Crippen molar-refractivity contribution in [1.82, 2.24) is 19.7 Å². The van der Waals surface area contributed by atoms with Crippen molar-refractivity contribution in [3.05, 3.63) is 59.6 Å². The van der Waals surface area contributed by atoms with Crippen LogP contribution < -0.4 is 5.32 Å². The van der Waals surface area contributed by atoms with Gasteiger partial charge in [0.1, 0.15) is 12.1 Å². The Morgan fingerprint density at radius 3 is 2.72 bits per heavy atom. The summed E-state index contributed by atoms with van der Waals surface area (Å²) in [6.45, 7) is 2.32. The SMILES string of the molecule is Cc1c2c(ccc3c(NCc4ccc(F)c(F)c4)ncnc32)nn1C. The Balaban J connectivity index is 1.74. The fourth-order valence-corrected chi connectivity index (χ4v) is 2.93. The third kappa shape index (κ3) is 2.57. The molecule has 0 bridgehead atoms. The van der Waals surface area contributed by atoms with Gasteiger partial charge in [0.05, 0.1) is 11.0 Å². The first-order valence-corrected chi connectivity index (χ1v) is 7.79. The Morgan fingerprint density at radius 2 is 1.92 bits per heavy atom. The van der Waals surface area contributed by atoms with E-state index in [1.807, 2.05) is 30.8 Å². The number of rotatable bonds is 3. The standard InChI is InChI=1S/C18H15F2N5/c1-10-16-15(24-25(10)2)6-4-12-17(16)22-9-23-18(12)21-8-11-3-5-13(19)14(20)7-11/h3-7,9H,8H2,1-2H3,(H,21,22,23). The lowest BCUT2D eigenvalue weighted by molar-refractivity contribution is 0.507. The van der Waals surface area contributed by atoms with Crippen molar-refractivity contribution < 1.29 is 8.78 Å². The first-order chi connectivity index (χ1) is 12.0. The number of hydrogen-bond donors (Lipinski definition) is 1. The predicted octanol–water partition coefficient (Wildman–Crippen LogP) is 3.72. The van der Waals surface area contributed by atoms with Crippen LogP contribution in [0.4, 0.5) is 14.6 Å². The highest BCUT2D eigenvalue weighted by Crippen LogP contribution is 2.29. The van der Waals surface area contributed by atoms with Gasteiger partial charge in [-0.15, -0.1) is 0 Å². The van der Waals surface area contributed by atoms with E-state index >= 15 is 0 Å². The van der Waals surface area contributed by atoms with Crippen molar-refractivity contribution >= 4 is 27.6 Å². The summed E-state index contributed by atoms with van der Waals surface area (Å²) in [5.41, 5.74) is 3.33. The molecule has 0 unspecified atom stereocenters. The van der Waals surface area contributed by atoms with Gasteiger partial charge in [0, 0.05) is 30.1 Å². The zero-order valence-corrected chi connectivity index (χ0v) is 13.7. The summed E-state index contributed by atoms with van der Waals surface area (Å²) in [6, 6.07) is 7.68. The molecule has 5 nitrogen and oxygen atoms in total. The summed E-state index contributed by atoms with van der Waals surface area (Å²) in [5.74, 6) is -1.08. The molecule has 126 valence electrons. The van der Waals surface area contributed by atoms with Gasteiger partial charge in [-0.1, -0.05) is 6.07 Å². The number of nitrogens with one attached hydrogen (secondary N) is 1. The lowest BCUT2D eigenvalue weighted by Gasteiger charge is -2.09. The van der Waals surface area contributed by atoms with Crippen molar-refractivity contribution in [3.63, 3.8) is 0 Å². The molecule has 0 aliphatic rings. The number of benzene rings is 2. The second kappa shape index (κ2) is 5.77. The van der Waals surface area contributed by atoms with Gasteiger partial charge >= 0.3 is 0 Å². The zero-order valence-electron chi connectivity index (χ0n) is 13.7. The summed E-state index contributed by atoms with van der Waals surface area (Å²) in [5, 5.41) is 9.48. The van der Waals surface area contributed by atoms with Gasteiger partial charge in [0.15, 0.2) is 11.6 Å². The number of aryl methyl sites for hydroxylation is 2. The largest absolute Gasteiger partial charge is 0.365 e. The summed E-state index contributed by atoms with van der Waals surface area (Å²) in [7, 11) is 1.89. The Labute approximate surface area is 142 Å². The van der Waals surface area contributed by atoms with E-state index in [1.165, 1.54) is 18.5 Å². The van der Waals surface area contributed by atoms with Crippen LogP contribution in [-0.4, -0.2) is 19.7 Å². The minimum Gasteiger partial charge on any atom is -0.365 e. The summed E-state index contributed by atoms with van der Waals surface area (Å²) in [6.07, 6.45) is 1.49. The van der Waals surface area contributed by atoms with Crippen LogP contribution in [0.5, 0.6) is 0 Å². The van der Waals surface area contributed by atoms with Gasteiger partial charge in [-0.3, -0.25) is 4.68 Å². The molecule has 0 saturated heterocycles. The van der Waals surface area contributed by atoms with E-state index in [9.17, 15) is 8.78 Å². The monoisotopic (exact) mass is 339 g/mol. The molecule has 0 amide bonds. The van der Waals surface area contributed by atoms with E-state index in [0.717, 1.165) is 33.6 Å². The average Bonchev–Trinajstić information content (AvgIpc) is 2.90. The van der Waals surface area contributed by atoms with E-state index in [-0.39, 0.29) is 0 Å². The van der Waals surface area contributed by atoms with Crippen LogP contribution in [0, 0.1) is 18.6 Å². The van der Waals surface area contributed by atoms with Crippen LogP contribution in [-0.2, 0) is 13.6 Å². The van der Waals surface area contributed by atoms with Crippen LogP contribution in [0.3, 0.4) is 0 Å². The molecule has 2 heterocycles. The fraction of sp³-hybridized carbons (Fsp3) is 0.167. The molecule has 0 radical (unpaired) electrons. The molecule has 4 aromatic rings. The van der Waals surface area contributed by atoms with E-state index in [4.69, 9.17) is 0 Å². The van der Waals surface area contributed by atoms with Gasteiger partial charge in [-0.25, -0.2) is 18.7 Å². The van der Waals surface area contributed by atoms with Gasteiger partial charge < -0.3 is 5.32 Å². The van der Waals surface area contributed by atoms with Gasteiger partial charge in [0.25, 0.3) is 0 Å². The number of halogens is 2. The molecule has 7 heteroatoms. The Hall–Kier alpha value is -3.09. The smallest absolute Gasteiger partial charge is 0.159 e. The normalized spacial score (nSPS) is 11.4. The average molecular weight is 339 g/mol. The molecule has 0 fully saturated rings. The molecule has 0 saturated carbocycles. The molecule has 25 heavy (non-hydrogen) atoms. The molecule has 0 aliphatic carbocycles. The number of aromatic nitrogens is 4. The van der Waals surface area contributed by atoms with Crippen LogP contribution in [0.25, 0.3) is 21.8 Å². The number of anilines is 1. The summed E-state index contributed by atoms with van der Waals surface area (Å²) >= 11 is 0. The first kappa shape index (κ1) is 15.4. The predicted molar refractivity (Wildman–Crippen MR) is 92.2 cm³/mol. The quantitative estimate of drug-likeness (QED) is 0.618. The third-order valence-corrected chi connectivity index (χ3v) is 4.33. The second-order valence-electron chi connectivity index (χ2n) is 5.89. The van der Waals surface area contributed by atoms with Crippen molar-refractivity contribution in [1.29, 1.82) is 0 Å². The molecule has 0 spiro atoms. The van der Waals surface area contributed by atoms with Crippen LogP contribution in [0.2, 0.25) is 0 Å². The maximum absolute atomic E-state index is 13.3. The second-order valence-corrected chi connectivity index (χ2v) is 5.89. The van der Waals surface area contributed by atoms with Gasteiger partial charge in [-0.2, -0.15) is 5.10 Å². The topological polar surface area (TPSA) is 55.6 Å². The zero-order chi connectivity index (χ0) is 17.6. The summed E-state index contributed by atoms with van der Waals surface area (Å²) < 4.78 is 28.2. The Bertz CT molecular complexity index is 1100. The van der Waals surface area contributed by atoms with Gasteiger partial charge in [-0.05, 0) is 36.8 Å². The Kier molecular flexibility index (Phi) is 3.56. The van der Waals surface area contributed by atoms with Crippen LogP contribution in [0.1, 0.15) is 11.3 Å². The van der Waals surface area contributed by atoms with E-state index in [0.29, 0.717) is 17.9 Å². The molecular formula is C18H15F2N5. The highest BCUT2D eigenvalue weighted by molar-refractivity contribution is 6.08. The minimum absolute atomic E-state index is 0.327. The molecule has 0 aliphatic heterocycles. The first-order valence-electron chi connectivity index (χ1n) is 7.79. The lowest BCUT2D eigenvalue weighted by atomic mass is 10.1. The van der Waals surface area contributed by atoms with Crippen molar-refractivity contribution in [2.24, 2.45) is 7.05 Å². The molecular weight excluding hydrogens is 324 g/mol. The molecule has 4 rings (SSSR count). The number of hydrogen-bond acceptors (Lipinski definition) is 4. The number of fused-ring (bicyclic) bond motifs is 3. The van der Waals surface area contributed by atoms with Crippen LogP contribution >= 0.6 is 0 Å². The lowest BCUT2D eigenvalue weighted by Crippen LogP contribution is -2.03. The fourth-order valence-electron chi connectivity index (χ4n) is 2.93. The number of nitrogens with zero attached hydrogens (tertiary/aromatic N) is 4. The maximum atomic E-state index is 13.3. The van der Waals surface area contributed by atoms with Crippen molar-refractivity contribution in [2.45, 2.75) is 13.5 Å². The van der Waals surface area contributed by atoms with Crippen LogP contribution in [0.15, 0.2) is 36.7 Å². The van der Waals surface area contributed by atoms with Crippen molar-refractivity contribution in [2.75, 3.05) is 5.32 Å². The molecule has 2 aromatic heterocycles. The van der Waals surface area contributed by atoms with Crippen molar-refractivity contribution in [3.8, 4) is 0 Å². The minimum atomic E-state index is -0.862. The molecule has 1 N–H and O–H groups in total. The summed E-state index contributed by atoms with van der Waals surface area (Å²) in [4.78, 5) is 8.70. The van der Waals surface area contributed by atoms with Gasteiger partial charge in [0.2, 0.25) is 0 Å².